The molecule has 0 spiro atoms. The van der Waals surface area contributed by atoms with E-state index in [4.69, 9.17) is 19.3 Å². The van der Waals surface area contributed by atoms with Crippen molar-refractivity contribution in [1.82, 2.24) is 29.7 Å². The largest absolute Gasteiger partial charge is 0.377 e. The number of imidazole rings is 1. The number of rotatable bonds is 5. The van der Waals surface area contributed by atoms with Crippen molar-refractivity contribution in [1.29, 1.82) is 0 Å². The van der Waals surface area contributed by atoms with E-state index in [-0.39, 0.29) is 17.8 Å². The normalized spacial score (nSPS) is 18.6. The van der Waals surface area contributed by atoms with E-state index in [0.29, 0.717) is 25.6 Å². The Morgan fingerprint density at radius 1 is 0.923 bits per heavy atom. The van der Waals surface area contributed by atoms with E-state index in [1.165, 1.54) is 12.4 Å². The van der Waals surface area contributed by atoms with Gasteiger partial charge in [-0.1, -0.05) is 23.4 Å². The molecule has 5 aromatic rings. The quantitative estimate of drug-likeness (QED) is 0.332. The van der Waals surface area contributed by atoms with Crippen LogP contribution in [0.5, 0.6) is 0 Å². The second kappa shape index (κ2) is 10.1. The second-order valence-corrected chi connectivity index (χ2v) is 9.87. The van der Waals surface area contributed by atoms with Gasteiger partial charge in [0.25, 0.3) is 0 Å². The van der Waals surface area contributed by atoms with E-state index in [2.05, 4.69) is 24.9 Å². The number of ether oxygens (including phenoxy) is 1. The van der Waals surface area contributed by atoms with Gasteiger partial charge in [-0.25, -0.2) is 18.9 Å². The summed E-state index contributed by atoms with van der Waals surface area (Å²) < 4.78 is 26.9. The maximum Gasteiger partial charge on any atom is 0.229 e. The topological polar surface area (TPSA) is 97.7 Å². The molecule has 0 radical (unpaired) electrons. The molecule has 2 aliphatic rings. The van der Waals surface area contributed by atoms with E-state index in [1.807, 2.05) is 47.1 Å². The van der Waals surface area contributed by atoms with Crippen LogP contribution in [-0.2, 0) is 4.74 Å². The van der Waals surface area contributed by atoms with Gasteiger partial charge in [0.15, 0.2) is 12.0 Å². The molecule has 198 valence electrons. The summed E-state index contributed by atoms with van der Waals surface area (Å²) in [6, 6.07) is 16.5. The smallest absolute Gasteiger partial charge is 0.229 e. The number of aromatic nitrogens is 6. The standard InChI is InChI=1S/C28H27FN8O2/c29-21-4-1-3-20(15-21)24-17-38-14-13-36(24)27-8-7-25-30-16-23(37(25)34-27)22-5-2-6-26(33-22)35-11-9-19(10-12-35)28-31-18-32-39-28/h1-8,15-16,18-19,24H,9-14,17H2. The summed E-state index contributed by atoms with van der Waals surface area (Å²) >= 11 is 0. The van der Waals surface area contributed by atoms with Gasteiger partial charge in [0, 0.05) is 25.6 Å². The highest BCUT2D eigenvalue weighted by Gasteiger charge is 2.28. The average molecular weight is 527 g/mol. The molecule has 0 N–H and O–H groups in total. The summed E-state index contributed by atoms with van der Waals surface area (Å²) in [7, 11) is 0. The highest BCUT2D eigenvalue weighted by Crippen LogP contribution is 2.32. The van der Waals surface area contributed by atoms with Crippen molar-refractivity contribution >= 4 is 17.3 Å². The molecule has 0 bridgehead atoms. The van der Waals surface area contributed by atoms with Crippen LogP contribution in [0, 0.1) is 5.82 Å². The number of fused-ring (bicyclic) bond motifs is 1. The lowest BCUT2D eigenvalue weighted by molar-refractivity contribution is 0.0935. The number of piperidine rings is 1. The van der Waals surface area contributed by atoms with E-state index < -0.39 is 0 Å². The lowest BCUT2D eigenvalue weighted by Gasteiger charge is -2.36. The van der Waals surface area contributed by atoms with Crippen molar-refractivity contribution in [3.63, 3.8) is 0 Å². The number of hydrogen-bond donors (Lipinski definition) is 0. The zero-order valence-electron chi connectivity index (χ0n) is 21.2. The van der Waals surface area contributed by atoms with Crippen LogP contribution in [0.3, 0.4) is 0 Å². The molecule has 2 fully saturated rings. The summed E-state index contributed by atoms with van der Waals surface area (Å²) in [5, 5.41) is 8.72. The molecule has 0 saturated carbocycles. The zero-order chi connectivity index (χ0) is 26.2. The molecule has 4 aromatic heterocycles. The first-order chi connectivity index (χ1) is 19.2. The van der Waals surface area contributed by atoms with Crippen molar-refractivity contribution in [2.45, 2.75) is 24.8 Å². The van der Waals surface area contributed by atoms with Crippen LogP contribution in [0.2, 0.25) is 0 Å². The molecule has 6 heterocycles. The fraction of sp³-hybridized carbons (Fsp3) is 0.321. The van der Waals surface area contributed by atoms with E-state index in [0.717, 1.165) is 60.2 Å². The fourth-order valence-electron chi connectivity index (χ4n) is 5.52. The minimum atomic E-state index is -0.261. The molecule has 2 aliphatic heterocycles. The number of pyridine rings is 1. The molecule has 10 nitrogen and oxygen atoms in total. The Kier molecular flexibility index (Phi) is 6.12. The molecule has 39 heavy (non-hydrogen) atoms. The van der Waals surface area contributed by atoms with Crippen molar-refractivity contribution < 1.29 is 13.7 Å². The van der Waals surface area contributed by atoms with Gasteiger partial charge in [-0.2, -0.15) is 4.98 Å². The molecular weight excluding hydrogens is 499 g/mol. The molecule has 0 aliphatic carbocycles. The van der Waals surface area contributed by atoms with Gasteiger partial charge < -0.3 is 19.1 Å². The van der Waals surface area contributed by atoms with Gasteiger partial charge >= 0.3 is 0 Å². The average Bonchev–Trinajstić information content (AvgIpc) is 3.68. The molecule has 1 unspecified atom stereocenters. The Hall–Kier alpha value is -4.38. The van der Waals surface area contributed by atoms with Crippen LogP contribution in [0.1, 0.15) is 36.3 Å². The van der Waals surface area contributed by atoms with Crippen molar-refractivity contribution in [2.75, 3.05) is 42.6 Å². The Bertz CT molecular complexity index is 1580. The summed E-state index contributed by atoms with van der Waals surface area (Å²) in [5.41, 5.74) is 3.20. The van der Waals surface area contributed by atoms with Crippen LogP contribution in [-0.4, -0.2) is 62.6 Å². The van der Waals surface area contributed by atoms with Crippen LogP contribution in [0.25, 0.3) is 17.0 Å². The van der Waals surface area contributed by atoms with Gasteiger partial charge in [0.2, 0.25) is 5.89 Å². The Morgan fingerprint density at radius 3 is 2.67 bits per heavy atom. The predicted octanol–water partition coefficient (Wildman–Crippen LogP) is 4.28. The first-order valence-corrected chi connectivity index (χ1v) is 13.2. The Morgan fingerprint density at radius 2 is 1.82 bits per heavy atom. The number of hydrogen-bond acceptors (Lipinski definition) is 9. The molecule has 11 heteroatoms. The second-order valence-electron chi connectivity index (χ2n) is 9.87. The number of anilines is 2. The van der Waals surface area contributed by atoms with Gasteiger partial charge in [-0.3, -0.25) is 0 Å². The highest BCUT2D eigenvalue weighted by atomic mass is 19.1. The van der Waals surface area contributed by atoms with Gasteiger partial charge in [0.1, 0.15) is 23.1 Å². The van der Waals surface area contributed by atoms with E-state index in [9.17, 15) is 4.39 Å². The Labute approximate surface area is 224 Å². The third kappa shape index (κ3) is 4.59. The molecule has 0 amide bonds. The van der Waals surface area contributed by atoms with Gasteiger partial charge in [-0.15, -0.1) is 5.10 Å². The lowest BCUT2D eigenvalue weighted by Crippen LogP contribution is -2.40. The van der Waals surface area contributed by atoms with Gasteiger partial charge in [0.05, 0.1) is 31.1 Å². The van der Waals surface area contributed by atoms with Crippen LogP contribution < -0.4 is 9.80 Å². The maximum absolute atomic E-state index is 14.0. The maximum atomic E-state index is 14.0. The lowest BCUT2D eigenvalue weighted by atomic mass is 9.97. The van der Waals surface area contributed by atoms with Gasteiger partial charge in [-0.05, 0) is 54.8 Å². The van der Waals surface area contributed by atoms with E-state index in [1.54, 1.807) is 12.1 Å². The SMILES string of the molecule is Fc1cccc(C2COCCN2c2ccc3ncc(-c4cccc(N5CCC(c6ncno6)CC5)n4)n3n2)c1. The van der Waals surface area contributed by atoms with Crippen LogP contribution in [0.15, 0.2) is 71.6 Å². The van der Waals surface area contributed by atoms with Crippen LogP contribution >= 0.6 is 0 Å². The molecule has 1 aromatic carbocycles. The van der Waals surface area contributed by atoms with Crippen molar-refractivity contribution in [3.8, 4) is 11.4 Å². The molecular formula is C28H27FN8O2. The minimum Gasteiger partial charge on any atom is -0.377 e. The van der Waals surface area contributed by atoms with Crippen LogP contribution in [0.4, 0.5) is 16.0 Å². The minimum absolute atomic E-state index is 0.136. The highest BCUT2D eigenvalue weighted by molar-refractivity contribution is 5.62. The number of nitrogens with zero attached hydrogens (tertiary/aromatic N) is 8. The van der Waals surface area contributed by atoms with Crippen molar-refractivity contribution in [2.24, 2.45) is 0 Å². The summed E-state index contributed by atoms with van der Waals surface area (Å²) in [6.07, 6.45) is 5.13. The summed E-state index contributed by atoms with van der Waals surface area (Å²) in [6.45, 7) is 3.41. The first-order valence-electron chi connectivity index (χ1n) is 13.2. The number of halogens is 1. The third-order valence-corrected chi connectivity index (χ3v) is 7.55. The zero-order valence-corrected chi connectivity index (χ0v) is 21.2. The molecule has 1 atom stereocenters. The number of benzene rings is 1. The first kappa shape index (κ1) is 23.7. The fourth-order valence-corrected chi connectivity index (χ4v) is 5.52. The van der Waals surface area contributed by atoms with E-state index >= 15 is 0 Å². The monoisotopic (exact) mass is 526 g/mol. The number of morpholine rings is 1. The molecule has 2 saturated heterocycles. The summed E-state index contributed by atoms with van der Waals surface area (Å²) in [4.78, 5) is 18.2. The third-order valence-electron chi connectivity index (χ3n) is 7.55. The van der Waals surface area contributed by atoms with Crippen molar-refractivity contribution in [3.05, 3.63) is 84.4 Å². The summed E-state index contributed by atoms with van der Waals surface area (Å²) in [5.74, 6) is 2.43. The Balaban J connectivity index is 1.17. The predicted molar refractivity (Wildman–Crippen MR) is 142 cm³/mol. The molecule has 7 rings (SSSR count).